The van der Waals surface area contributed by atoms with Crippen molar-refractivity contribution in [2.75, 3.05) is 11.0 Å². The van der Waals surface area contributed by atoms with Crippen molar-refractivity contribution in [2.45, 2.75) is 30.1 Å². The molecule has 3 nitrogen and oxygen atoms in total. The second kappa shape index (κ2) is 6.64. The monoisotopic (exact) mass is 425 g/mol. The van der Waals surface area contributed by atoms with E-state index in [1.807, 2.05) is 66.7 Å². The molecule has 3 aromatic carbocycles. The number of nitrogens with one attached hydrogen (secondary N) is 1. The van der Waals surface area contributed by atoms with Gasteiger partial charge in [0.25, 0.3) is 5.92 Å². The maximum absolute atomic E-state index is 14.7. The molecule has 30 heavy (non-hydrogen) atoms. The Kier molecular flexibility index (Phi) is 4.26. The first-order chi connectivity index (χ1) is 14.3. The van der Waals surface area contributed by atoms with Crippen molar-refractivity contribution >= 4 is 15.7 Å². The molecular formula is C24H21F2NO2S. The summed E-state index contributed by atoms with van der Waals surface area (Å²) in [6.07, 6.45) is 1.71. The van der Waals surface area contributed by atoms with Crippen LogP contribution in [0.5, 0.6) is 0 Å². The van der Waals surface area contributed by atoms with Gasteiger partial charge in [0.1, 0.15) is 0 Å². The van der Waals surface area contributed by atoms with E-state index in [4.69, 9.17) is 0 Å². The Labute approximate surface area is 174 Å². The quantitative estimate of drug-likeness (QED) is 0.620. The van der Waals surface area contributed by atoms with E-state index in [1.54, 1.807) is 6.07 Å². The lowest BCUT2D eigenvalue weighted by atomic mass is 9.82. The molecule has 1 fully saturated rings. The number of hydrogen-bond donors (Lipinski definition) is 1. The fourth-order valence-corrected chi connectivity index (χ4v) is 5.48. The number of halogens is 2. The summed E-state index contributed by atoms with van der Waals surface area (Å²) in [4.78, 5) is 0. The van der Waals surface area contributed by atoms with E-state index in [-0.39, 0.29) is 5.92 Å². The highest BCUT2D eigenvalue weighted by Gasteiger charge is 2.70. The molecule has 5 rings (SSSR count). The lowest BCUT2D eigenvalue weighted by Crippen LogP contribution is -2.12. The molecule has 0 amide bonds. The fraction of sp³-hybridized carbons (Fsp3) is 0.250. The lowest BCUT2D eigenvalue weighted by molar-refractivity contribution is 0.104. The predicted octanol–water partition coefficient (Wildman–Crippen LogP) is 5.26. The number of rotatable bonds is 4. The van der Waals surface area contributed by atoms with E-state index < -0.39 is 27.8 Å². The van der Waals surface area contributed by atoms with E-state index >= 15 is 0 Å². The molecule has 0 bridgehead atoms. The minimum absolute atomic E-state index is 0.0746. The van der Waals surface area contributed by atoms with Gasteiger partial charge in [0.2, 0.25) is 10.0 Å². The third kappa shape index (κ3) is 3.19. The van der Waals surface area contributed by atoms with Crippen LogP contribution < -0.4 is 4.72 Å². The number of sulfonamides is 1. The van der Waals surface area contributed by atoms with Gasteiger partial charge in [-0.2, -0.15) is 0 Å². The number of fused-ring (bicyclic) bond motifs is 5. The average Bonchev–Trinajstić information content (AvgIpc) is 3.29. The molecule has 1 saturated carbocycles. The maximum Gasteiger partial charge on any atom is 0.263 e. The summed E-state index contributed by atoms with van der Waals surface area (Å²) >= 11 is 0. The predicted molar refractivity (Wildman–Crippen MR) is 114 cm³/mol. The third-order valence-electron chi connectivity index (χ3n) is 6.14. The topological polar surface area (TPSA) is 46.2 Å². The largest absolute Gasteiger partial charge is 0.284 e. The molecule has 1 N–H and O–H groups in total. The normalized spacial score (nSPS) is 23.5. The summed E-state index contributed by atoms with van der Waals surface area (Å²) in [5.41, 5.74) is 4.74. The first-order valence-electron chi connectivity index (χ1n) is 9.88. The van der Waals surface area contributed by atoms with E-state index in [9.17, 15) is 17.2 Å². The molecule has 0 aromatic heterocycles. The summed E-state index contributed by atoms with van der Waals surface area (Å²) in [5, 5.41) is 0. The molecule has 0 radical (unpaired) electrons. The van der Waals surface area contributed by atoms with Crippen molar-refractivity contribution in [3.05, 3.63) is 101 Å². The Balaban J connectivity index is 1.60. The molecule has 6 heteroatoms. The van der Waals surface area contributed by atoms with Gasteiger partial charge < -0.3 is 0 Å². The molecule has 3 aromatic rings. The van der Waals surface area contributed by atoms with E-state index in [0.29, 0.717) is 12.1 Å². The highest BCUT2D eigenvalue weighted by molar-refractivity contribution is 7.92. The first-order valence-corrected chi connectivity index (χ1v) is 11.8. The molecule has 0 aliphatic heterocycles. The summed E-state index contributed by atoms with van der Waals surface area (Å²) in [5.74, 6) is -4.36. The second-order valence-electron chi connectivity index (χ2n) is 8.22. The summed E-state index contributed by atoms with van der Waals surface area (Å²) in [6, 6.07) is 22.3. The standard InChI is InChI=1S/C24H21F2NO2S/c1-30(28,29)27-16-8-6-7-15(13-16)14-21-17-9-2-4-11-19(17)22-23(24(22,25)26)20-12-5-3-10-18(20)21/h2-13,21-23,27H,14H2,1H3. The van der Waals surface area contributed by atoms with Gasteiger partial charge in [-0.15, -0.1) is 0 Å². The fourth-order valence-electron chi connectivity index (χ4n) is 4.92. The van der Waals surface area contributed by atoms with Crippen molar-refractivity contribution in [3.63, 3.8) is 0 Å². The van der Waals surface area contributed by atoms with Crippen LogP contribution >= 0.6 is 0 Å². The van der Waals surface area contributed by atoms with Gasteiger partial charge in [-0.05, 0) is 46.4 Å². The Bertz CT molecular complexity index is 1180. The van der Waals surface area contributed by atoms with Gasteiger partial charge in [0, 0.05) is 11.6 Å². The minimum atomic E-state index is -3.38. The van der Waals surface area contributed by atoms with Gasteiger partial charge >= 0.3 is 0 Å². The molecule has 0 saturated heterocycles. The molecule has 0 spiro atoms. The van der Waals surface area contributed by atoms with Crippen LogP contribution in [0.3, 0.4) is 0 Å². The lowest BCUT2D eigenvalue weighted by Gasteiger charge is -2.23. The average molecular weight is 426 g/mol. The van der Waals surface area contributed by atoms with Gasteiger partial charge in [0.05, 0.1) is 18.1 Å². The molecule has 0 heterocycles. The van der Waals surface area contributed by atoms with Gasteiger partial charge in [-0.3, -0.25) is 4.72 Å². The van der Waals surface area contributed by atoms with E-state index in [0.717, 1.165) is 34.1 Å². The highest BCUT2D eigenvalue weighted by atomic mass is 32.2. The number of benzene rings is 3. The minimum Gasteiger partial charge on any atom is -0.284 e. The van der Waals surface area contributed by atoms with Crippen LogP contribution in [0.4, 0.5) is 14.5 Å². The highest BCUT2D eigenvalue weighted by Crippen LogP contribution is 2.70. The van der Waals surface area contributed by atoms with Crippen molar-refractivity contribution in [1.29, 1.82) is 0 Å². The maximum atomic E-state index is 14.7. The van der Waals surface area contributed by atoms with E-state index in [1.165, 1.54) is 0 Å². The van der Waals surface area contributed by atoms with Gasteiger partial charge in [0.15, 0.2) is 0 Å². The van der Waals surface area contributed by atoms with Crippen LogP contribution in [-0.2, 0) is 16.4 Å². The summed E-state index contributed by atoms with van der Waals surface area (Å²) in [6.45, 7) is 0. The molecule has 2 atom stereocenters. The van der Waals surface area contributed by atoms with Crippen LogP contribution in [0.15, 0.2) is 72.8 Å². The molecular weight excluding hydrogens is 404 g/mol. The van der Waals surface area contributed by atoms with Crippen molar-refractivity contribution in [1.82, 2.24) is 0 Å². The first kappa shape index (κ1) is 19.2. The molecule has 2 aliphatic carbocycles. The Hall–Kier alpha value is -2.73. The zero-order chi connectivity index (χ0) is 21.1. The molecule has 2 aliphatic rings. The zero-order valence-electron chi connectivity index (χ0n) is 16.3. The summed E-state index contributed by atoms with van der Waals surface area (Å²) in [7, 11) is -3.38. The zero-order valence-corrected chi connectivity index (χ0v) is 17.2. The third-order valence-corrected chi connectivity index (χ3v) is 6.74. The van der Waals surface area contributed by atoms with Crippen LogP contribution in [0, 0.1) is 0 Å². The molecule has 2 unspecified atom stereocenters. The van der Waals surface area contributed by atoms with Crippen LogP contribution in [0.2, 0.25) is 0 Å². The smallest absolute Gasteiger partial charge is 0.263 e. The second-order valence-corrected chi connectivity index (χ2v) is 9.97. The number of alkyl halides is 2. The van der Waals surface area contributed by atoms with E-state index in [2.05, 4.69) is 4.72 Å². The van der Waals surface area contributed by atoms with Gasteiger partial charge in [-0.25, -0.2) is 17.2 Å². The SMILES string of the molecule is CS(=O)(=O)Nc1cccc(CC2c3ccccc3C3C(c4ccccc42)C3(F)F)c1. The van der Waals surface area contributed by atoms with Crippen molar-refractivity contribution in [2.24, 2.45) is 0 Å². The van der Waals surface area contributed by atoms with Crippen LogP contribution in [0.1, 0.15) is 45.6 Å². The summed E-state index contributed by atoms with van der Waals surface area (Å²) < 4.78 is 55.2. The number of anilines is 1. The Morgan fingerprint density at radius 2 is 1.37 bits per heavy atom. The number of hydrogen-bond acceptors (Lipinski definition) is 2. The van der Waals surface area contributed by atoms with Crippen LogP contribution in [-0.4, -0.2) is 20.6 Å². The van der Waals surface area contributed by atoms with Gasteiger partial charge in [-0.1, -0.05) is 60.7 Å². The Morgan fingerprint density at radius 1 is 0.833 bits per heavy atom. The van der Waals surface area contributed by atoms with Crippen LogP contribution in [0.25, 0.3) is 0 Å². The van der Waals surface area contributed by atoms with Crippen molar-refractivity contribution in [3.8, 4) is 0 Å². The van der Waals surface area contributed by atoms with Crippen molar-refractivity contribution < 1.29 is 17.2 Å². The molecule has 154 valence electrons. The Morgan fingerprint density at radius 3 is 1.90 bits per heavy atom.